The van der Waals surface area contributed by atoms with Gasteiger partial charge in [0.05, 0.1) is 6.54 Å². The standard InChI is InChI=1S/C11H18F3N3O2/c1-17(5-9(18)16-6-11(12,13)14)10(19)7-2-3-8(15)4-7/h7-8H,2-6,15H2,1H3,(H,16,18). The molecule has 2 atom stereocenters. The Morgan fingerprint density at radius 3 is 2.47 bits per heavy atom. The molecule has 1 aliphatic carbocycles. The molecule has 0 aliphatic heterocycles. The van der Waals surface area contributed by atoms with E-state index in [-0.39, 0.29) is 24.4 Å². The van der Waals surface area contributed by atoms with Crippen LogP contribution < -0.4 is 11.1 Å². The number of nitrogens with two attached hydrogens (primary N) is 1. The maximum Gasteiger partial charge on any atom is 0.405 e. The molecule has 2 amide bonds. The van der Waals surface area contributed by atoms with Crippen LogP contribution in [0.25, 0.3) is 0 Å². The first kappa shape index (κ1) is 15.7. The smallest absolute Gasteiger partial charge is 0.345 e. The number of alkyl halides is 3. The van der Waals surface area contributed by atoms with Crippen molar-refractivity contribution in [3.05, 3.63) is 0 Å². The summed E-state index contributed by atoms with van der Waals surface area (Å²) in [6.45, 7) is -1.76. The van der Waals surface area contributed by atoms with E-state index in [1.165, 1.54) is 7.05 Å². The summed E-state index contributed by atoms with van der Waals surface area (Å²) in [5, 5.41) is 1.73. The van der Waals surface area contributed by atoms with E-state index in [0.717, 1.165) is 11.3 Å². The fourth-order valence-electron chi connectivity index (χ4n) is 2.10. The number of amides is 2. The van der Waals surface area contributed by atoms with E-state index in [2.05, 4.69) is 0 Å². The van der Waals surface area contributed by atoms with Crippen molar-refractivity contribution in [3.63, 3.8) is 0 Å². The number of halogens is 3. The Balaban J connectivity index is 2.35. The lowest BCUT2D eigenvalue weighted by atomic mass is 10.1. The molecule has 0 aromatic carbocycles. The molecule has 1 saturated carbocycles. The van der Waals surface area contributed by atoms with Crippen molar-refractivity contribution in [2.75, 3.05) is 20.1 Å². The Morgan fingerprint density at radius 2 is 2.00 bits per heavy atom. The van der Waals surface area contributed by atoms with E-state index in [0.29, 0.717) is 12.8 Å². The summed E-state index contributed by atoms with van der Waals surface area (Å²) in [5.74, 6) is -1.29. The Kier molecular flexibility index (Phi) is 5.16. The van der Waals surface area contributed by atoms with Crippen LogP contribution in [-0.2, 0) is 9.59 Å². The van der Waals surface area contributed by atoms with Gasteiger partial charge in [0.25, 0.3) is 0 Å². The number of nitrogens with zero attached hydrogens (tertiary/aromatic N) is 1. The zero-order chi connectivity index (χ0) is 14.6. The number of nitrogens with one attached hydrogen (secondary N) is 1. The van der Waals surface area contributed by atoms with Gasteiger partial charge in [-0.25, -0.2) is 0 Å². The lowest BCUT2D eigenvalue weighted by Crippen LogP contribution is -2.43. The Bertz CT molecular complexity index is 347. The fourth-order valence-corrected chi connectivity index (χ4v) is 2.10. The number of rotatable bonds is 4. The van der Waals surface area contributed by atoms with Crippen LogP contribution in [0.5, 0.6) is 0 Å². The first-order valence-corrected chi connectivity index (χ1v) is 6.03. The second-order valence-electron chi connectivity index (χ2n) is 4.86. The predicted molar refractivity (Wildman–Crippen MR) is 62.0 cm³/mol. The van der Waals surface area contributed by atoms with Gasteiger partial charge in [-0.1, -0.05) is 0 Å². The van der Waals surface area contributed by atoms with Crippen molar-refractivity contribution in [3.8, 4) is 0 Å². The monoisotopic (exact) mass is 281 g/mol. The summed E-state index contributed by atoms with van der Waals surface area (Å²) in [4.78, 5) is 24.3. The van der Waals surface area contributed by atoms with Gasteiger partial charge in [0.15, 0.2) is 0 Å². The van der Waals surface area contributed by atoms with Crippen molar-refractivity contribution < 1.29 is 22.8 Å². The molecule has 0 spiro atoms. The van der Waals surface area contributed by atoms with Gasteiger partial charge < -0.3 is 16.0 Å². The number of hydrogen-bond acceptors (Lipinski definition) is 3. The van der Waals surface area contributed by atoms with Crippen LogP contribution in [0.3, 0.4) is 0 Å². The molecule has 8 heteroatoms. The van der Waals surface area contributed by atoms with E-state index in [1.54, 1.807) is 5.32 Å². The van der Waals surface area contributed by atoms with Crippen LogP contribution in [0, 0.1) is 5.92 Å². The minimum atomic E-state index is -4.45. The second-order valence-corrected chi connectivity index (χ2v) is 4.86. The van der Waals surface area contributed by atoms with Crippen molar-refractivity contribution in [2.24, 2.45) is 11.7 Å². The van der Waals surface area contributed by atoms with Crippen LogP contribution in [0.15, 0.2) is 0 Å². The largest absolute Gasteiger partial charge is 0.405 e. The molecule has 110 valence electrons. The summed E-state index contributed by atoms with van der Waals surface area (Å²) in [5.41, 5.74) is 5.68. The topological polar surface area (TPSA) is 75.4 Å². The summed E-state index contributed by atoms with van der Waals surface area (Å²) in [6, 6.07) is -0.0126. The Hall–Kier alpha value is -1.31. The maximum atomic E-state index is 11.9. The van der Waals surface area contributed by atoms with Gasteiger partial charge in [-0.3, -0.25) is 9.59 Å². The average Bonchev–Trinajstić information content (AvgIpc) is 2.71. The van der Waals surface area contributed by atoms with E-state index < -0.39 is 18.6 Å². The van der Waals surface area contributed by atoms with Crippen LogP contribution >= 0.6 is 0 Å². The van der Waals surface area contributed by atoms with E-state index >= 15 is 0 Å². The van der Waals surface area contributed by atoms with Gasteiger partial charge in [-0.15, -0.1) is 0 Å². The summed E-state index contributed by atoms with van der Waals surface area (Å²) >= 11 is 0. The third-order valence-electron chi connectivity index (χ3n) is 3.07. The van der Waals surface area contributed by atoms with E-state index in [9.17, 15) is 22.8 Å². The molecule has 0 radical (unpaired) electrons. The van der Waals surface area contributed by atoms with Crippen molar-refractivity contribution >= 4 is 11.8 Å². The van der Waals surface area contributed by atoms with Crippen molar-refractivity contribution in [2.45, 2.75) is 31.5 Å². The summed E-state index contributed by atoms with van der Waals surface area (Å²) in [6.07, 6.45) is -2.47. The number of hydrogen-bond donors (Lipinski definition) is 2. The quantitative estimate of drug-likeness (QED) is 0.775. The highest BCUT2D eigenvalue weighted by Gasteiger charge is 2.31. The van der Waals surface area contributed by atoms with Crippen LogP contribution in [0.4, 0.5) is 13.2 Å². The predicted octanol–water partition coefficient (Wildman–Crippen LogP) is 0.251. The first-order valence-electron chi connectivity index (χ1n) is 6.03. The molecule has 0 aromatic rings. The molecular formula is C11H18F3N3O2. The molecule has 1 fully saturated rings. The molecule has 2 unspecified atom stereocenters. The van der Waals surface area contributed by atoms with Gasteiger partial charge >= 0.3 is 6.18 Å². The maximum absolute atomic E-state index is 11.9. The molecule has 3 N–H and O–H groups in total. The minimum absolute atomic E-state index is 0.0126. The normalized spacial score (nSPS) is 23.2. The van der Waals surface area contributed by atoms with Crippen molar-refractivity contribution in [1.82, 2.24) is 10.2 Å². The van der Waals surface area contributed by atoms with Gasteiger partial charge in [-0.05, 0) is 19.3 Å². The fraction of sp³-hybridized carbons (Fsp3) is 0.818. The Morgan fingerprint density at radius 1 is 1.37 bits per heavy atom. The molecule has 0 aromatic heterocycles. The molecule has 19 heavy (non-hydrogen) atoms. The van der Waals surface area contributed by atoms with E-state index in [1.807, 2.05) is 0 Å². The second kappa shape index (κ2) is 6.23. The van der Waals surface area contributed by atoms with Gasteiger partial charge in [0.2, 0.25) is 11.8 Å². The van der Waals surface area contributed by atoms with Crippen LogP contribution in [-0.4, -0.2) is 49.1 Å². The van der Waals surface area contributed by atoms with Gasteiger partial charge in [0.1, 0.15) is 6.54 Å². The van der Waals surface area contributed by atoms with Crippen LogP contribution in [0.1, 0.15) is 19.3 Å². The van der Waals surface area contributed by atoms with Crippen molar-refractivity contribution in [1.29, 1.82) is 0 Å². The lowest BCUT2D eigenvalue weighted by molar-refractivity contribution is -0.142. The molecular weight excluding hydrogens is 263 g/mol. The highest BCUT2D eigenvalue weighted by atomic mass is 19.4. The molecule has 1 rings (SSSR count). The molecule has 0 heterocycles. The highest BCUT2D eigenvalue weighted by Crippen LogP contribution is 2.25. The zero-order valence-corrected chi connectivity index (χ0v) is 10.7. The molecule has 1 aliphatic rings. The minimum Gasteiger partial charge on any atom is -0.345 e. The molecule has 0 saturated heterocycles. The number of carbonyl (C=O) groups excluding carboxylic acids is 2. The SMILES string of the molecule is CN(CC(=O)NCC(F)(F)F)C(=O)C1CCC(N)C1. The van der Waals surface area contributed by atoms with Crippen LogP contribution in [0.2, 0.25) is 0 Å². The molecule has 5 nitrogen and oxygen atoms in total. The first-order chi connectivity index (χ1) is 8.69. The lowest BCUT2D eigenvalue weighted by Gasteiger charge is -2.20. The summed E-state index contributed by atoms with van der Waals surface area (Å²) in [7, 11) is 1.40. The summed E-state index contributed by atoms with van der Waals surface area (Å²) < 4.78 is 35.7. The van der Waals surface area contributed by atoms with E-state index in [4.69, 9.17) is 5.73 Å². The zero-order valence-electron chi connectivity index (χ0n) is 10.7. The molecule has 0 bridgehead atoms. The highest BCUT2D eigenvalue weighted by molar-refractivity contribution is 5.85. The number of likely N-dealkylation sites (N-methyl/N-ethyl adjacent to an activating group) is 1. The number of carbonyl (C=O) groups is 2. The van der Waals surface area contributed by atoms with Gasteiger partial charge in [-0.2, -0.15) is 13.2 Å². The Labute approximate surface area is 109 Å². The third kappa shape index (κ3) is 5.46. The van der Waals surface area contributed by atoms with Gasteiger partial charge in [0, 0.05) is 19.0 Å². The third-order valence-corrected chi connectivity index (χ3v) is 3.07. The average molecular weight is 281 g/mol.